The Kier molecular flexibility index (Phi) is 5.71. The first-order valence-corrected chi connectivity index (χ1v) is 9.18. The third kappa shape index (κ3) is 4.19. The van der Waals surface area contributed by atoms with Crippen molar-refractivity contribution in [1.29, 1.82) is 0 Å². The second-order valence-electron chi connectivity index (χ2n) is 6.90. The van der Waals surface area contributed by atoms with Crippen LogP contribution in [0.2, 0.25) is 0 Å². The van der Waals surface area contributed by atoms with Crippen LogP contribution in [-0.2, 0) is 0 Å². The van der Waals surface area contributed by atoms with Gasteiger partial charge < -0.3 is 19.6 Å². The Bertz CT molecular complexity index is 600. The molecule has 136 valence electrons. The van der Waals surface area contributed by atoms with Crippen molar-refractivity contribution in [2.75, 3.05) is 66.0 Å². The average Bonchev–Trinajstić information content (AvgIpc) is 2.67. The quantitative estimate of drug-likeness (QED) is 0.816. The number of hydrogen-bond donors (Lipinski definition) is 0. The second-order valence-corrected chi connectivity index (χ2v) is 6.90. The van der Waals surface area contributed by atoms with Gasteiger partial charge in [-0.25, -0.2) is 0 Å². The maximum Gasteiger partial charge on any atom is 0.253 e. The van der Waals surface area contributed by atoms with Crippen molar-refractivity contribution in [3.05, 3.63) is 35.4 Å². The lowest BCUT2D eigenvalue weighted by Gasteiger charge is -2.34. The number of carbonyl (C=O) groups is 2. The third-order valence-corrected chi connectivity index (χ3v) is 5.28. The minimum atomic E-state index is 0.0589. The number of carbonyl (C=O) groups excluding carboxylic acids is 2. The van der Waals surface area contributed by atoms with E-state index in [0.29, 0.717) is 11.1 Å². The van der Waals surface area contributed by atoms with E-state index >= 15 is 0 Å². The minimum Gasteiger partial charge on any atom is -0.336 e. The van der Waals surface area contributed by atoms with E-state index in [1.807, 2.05) is 9.80 Å². The molecule has 2 aliphatic heterocycles. The van der Waals surface area contributed by atoms with Gasteiger partial charge in [0.25, 0.3) is 11.8 Å². The molecule has 0 spiro atoms. The zero-order chi connectivity index (χ0) is 17.8. The molecule has 25 heavy (non-hydrogen) atoms. The molecular formula is C19H28N4O2. The molecule has 1 aromatic rings. The van der Waals surface area contributed by atoms with Crippen molar-refractivity contribution in [2.45, 2.75) is 6.92 Å². The fraction of sp³-hybridized carbons (Fsp3) is 0.579. The van der Waals surface area contributed by atoms with E-state index in [1.54, 1.807) is 24.3 Å². The van der Waals surface area contributed by atoms with Crippen molar-refractivity contribution >= 4 is 11.8 Å². The van der Waals surface area contributed by atoms with Crippen LogP contribution >= 0.6 is 0 Å². The molecule has 0 saturated carbocycles. The van der Waals surface area contributed by atoms with E-state index in [-0.39, 0.29) is 11.8 Å². The first-order valence-electron chi connectivity index (χ1n) is 9.18. The van der Waals surface area contributed by atoms with Crippen LogP contribution in [0.4, 0.5) is 0 Å². The van der Waals surface area contributed by atoms with Gasteiger partial charge in [0.05, 0.1) is 0 Å². The summed E-state index contributed by atoms with van der Waals surface area (Å²) in [6.07, 6.45) is 0. The average molecular weight is 344 g/mol. The highest BCUT2D eigenvalue weighted by molar-refractivity contribution is 5.98. The van der Waals surface area contributed by atoms with Gasteiger partial charge in [-0.05, 0) is 37.9 Å². The molecule has 1 aromatic carbocycles. The Labute approximate surface area is 150 Å². The van der Waals surface area contributed by atoms with E-state index in [0.717, 1.165) is 58.9 Å². The fourth-order valence-corrected chi connectivity index (χ4v) is 3.40. The van der Waals surface area contributed by atoms with E-state index in [4.69, 9.17) is 0 Å². The Morgan fingerprint density at radius 3 is 1.56 bits per heavy atom. The largest absolute Gasteiger partial charge is 0.336 e. The summed E-state index contributed by atoms with van der Waals surface area (Å²) in [5.41, 5.74) is 1.33. The number of amides is 2. The van der Waals surface area contributed by atoms with Crippen LogP contribution in [0.15, 0.2) is 24.3 Å². The number of benzene rings is 1. The van der Waals surface area contributed by atoms with Crippen molar-refractivity contribution in [2.24, 2.45) is 0 Å². The van der Waals surface area contributed by atoms with Crippen LogP contribution < -0.4 is 0 Å². The molecule has 0 aliphatic carbocycles. The highest BCUT2D eigenvalue weighted by Gasteiger charge is 2.23. The van der Waals surface area contributed by atoms with Gasteiger partial charge in [-0.3, -0.25) is 9.59 Å². The van der Waals surface area contributed by atoms with Crippen molar-refractivity contribution in [1.82, 2.24) is 19.6 Å². The number of rotatable bonds is 3. The summed E-state index contributed by atoms with van der Waals surface area (Å²) in [4.78, 5) is 33.6. The summed E-state index contributed by atoms with van der Waals surface area (Å²) in [7, 11) is 2.07. The number of nitrogens with zero attached hydrogens (tertiary/aromatic N) is 4. The zero-order valence-corrected chi connectivity index (χ0v) is 15.3. The van der Waals surface area contributed by atoms with Crippen molar-refractivity contribution < 1.29 is 9.59 Å². The summed E-state index contributed by atoms with van der Waals surface area (Å²) in [5, 5.41) is 0. The molecule has 6 nitrogen and oxygen atoms in total. The van der Waals surface area contributed by atoms with Gasteiger partial charge in [-0.15, -0.1) is 0 Å². The molecule has 2 heterocycles. The zero-order valence-electron chi connectivity index (χ0n) is 15.3. The molecule has 3 rings (SSSR count). The summed E-state index contributed by atoms with van der Waals surface area (Å²) in [5.74, 6) is 0.123. The normalized spacial score (nSPS) is 19.9. The van der Waals surface area contributed by atoms with Crippen molar-refractivity contribution in [3.8, 4) is 0 Å². The molecule has 0 unspecified atom stereocenters. The topological polar surface area (TPSA) is 47.1 Å². The fourth-order valence-electron chi connectivity index (χ4n) is 3.40. The lowest BCUT2D eigenvalue weighted by Crippen LogP contribution is -2.48. The molecule has 2 amide bonds. The molecule has 0 radical (unpaired) electrons. The molecule has 0 aromatic heterocycles. The number of piperazine rings is 2. The first-order chi connectivity index (χ1) is 12.1. The van der Waals surface area contributed by atoms with Crippen LogP contribution in [0.3, 0.4) is 0 Å². The Balaban J connectivity index is 1.60. The highest BCUT2D eigenvalue weighted by atomic mass is 16.2. The molecule has 0 bridgehead atoms. The smallest absolute Gasteiger partial charge is 0.253 e. The van der Waals surface area contributed by atoms with Gasteiger partial charge >= 0.3 is 0 Å². The van der Waals surface area contributed by atoms with E-state index < -0.39 is 0 Å². The van der Waals surface area contributed by atoms with Crippen LogP contribution in [0, 0.1) is 0 Å². The standard InChI is InChI=1S/C19H28N4O2/c1-3-21-10-14-23(15-11-21)19(25)17-6-4-16(5-7-17)18(24)22-12-8-20(2)9-13-22/h4-7H,3,8-15H2,1-2H3. The van der Waals surface area contributed by atoms with Crippen LogP contribution in [-0.4, -0.2) is 97.4 Å². The van der Waals surface area contributed by atoms with Gasteiger partial charge in [-0.1, -0.05) is 6.92 Å². The van der Waals surface area contributed by atoms with Crippen LogP contribution in [0.5, 0.6) is 0 Å². The van der Waals surface area contributed by atoms with Crippen LogP contribution in [0.1, 0.15) is 27.6 Å². The number of likely N-dealkylation sites (N-methyl/N-ethyl adjacent to an activating group) is 2. The van der Waals surface area contributed by atoms with Gasteiger partial charge in [0.1, 0.15) is 0 Å². The number of hydrogen-bond acceptors (Lipinski definition) is 4. The first kappa shape index (κ1) is 17.9. The maximum atomic E-state index is 12.6. The molecular weight excluding hydrogens is 316 g/mol. The Morgan fingerprint density at radius 2 is 1.16 bits per heavy atom. The molecule has 6 heteroatoms. The summed E-state index contributed by atoms with van der Waals surface area (Å²) < 4.78 is 0. The van der Waals surface area contributed by atoms with E-state index in [1.165, 1.54) is 0 Å². The molecule has 2 fully saturated rings. The summed E-state index contributed by atoms with van der Waals surface area (Å²) in [6.45, 7) is 9.93. The molecule has 2 saturated heterocycles. The second kappa shape index (κ2) is 7.97. The Hall–Kier alpha value is -1.92. The molecule has 2 aliphatic rings. The van der Waals surface area contributed by atoms with Crippen LogP contribution in [0.25, 0.3) is 0 Å². The SMILES string of the molecule is CCN1CCN(C(=O)c2ccc(C(=O)N3CCN(C)CC3)cc2)CC1. The lowest BCUT2D eigenvalue weighted by atomic mass is 10.1. The Morgan fingerprint density at radius 1 is 0.760 bits per heavy atom. The van der Waals surface area contributed by atoms with Gasteiger partial charge in [0.2, 0.25) is 0 Å². The minimum absolute atomic E-state index is 0.0589. The summed E-state index contributed by atoms with van der Waals surface area (Å²) >= 11 is 0. The van der Waals surface area contributed by atoms with Crippen molar-refractivity contribution in [3.63, 3.8) is 0 Å². The summed E-state index contributed by atoms with van der Waals surface area (Å²) in [6, 6.07) is 7.15. The van der Waals surface area contributed by atoms with Gasteiger partial charge in [0.15, 0.2) is 0 Å². The predicted octanol–water partition coefficient (Wildman–Crippen LogP) is 0.852. The third-order valence-electron chi connectivity index (χ3n) is 5.28. The van der Waals surface area contributed by atoms with Gasteiger partial charge in [0, 0.05) is 63.5 Å². The van der Waals surface area contributed by atoms with E-state index in [9.17, 15) is 9.59 Å². The van der Waals surface area contributed by atoms with E-state index in [2.05, 4.69) is 23.8 Å². The highest BCUT2D eigenvalue weighted by Crippen LogP contribution is 2.13. The monoisotopic (exact) mass is 344 g/mol. The molecule has 0 atom stereocenters. The maximum absolute atomic E-state index is 12.6. The van der Waals surface area contributed by atoms with Gasteiger partial charge in [-0.2, -0.15) is 0 Å². The lowest BCUT2D eigenvalue weighted by molar-refractivity contribution is 0.0638. The molecule has 0 N–H and O–H groups in total. The predicted molar refractivity (Wildman–Crippen MR) is 97.9 cm³/mol.